The van der Waals surface area contributed by atoms with E-state index in [-0.39, 0.29) is 24.1 Å². The molecule has 0 N–H and O–H groups in total. The molecule has 1 aromatic rings. The van der Waals surface area contributed by atoms with Crippen molar-refractivity contribution in [3.05, 3.63) is 29.8 Å². The number of ether oxygens (including phenoxy) is 2. The molecule has 1 aromatic carbocycles. The fourth-order valence-electron chi connectivity index (χ4n) is 1.67. The van der Waals surface area contributed by atoms with Crippen LogP contribution in [0.1, 0.15) is 30.1 Å². The first-order chi connectivity index (χ1) is 8.56. The summed E-state index contributed by atoms with van der Waals surface area (Å²) in [7, 11) is 2.91. The molecule has 0 aliphatic carbocycles. The second kappa shape index (κ2) is 6.79. The van der Waals surface area contributed by atoms with Crippen LogP contribution in [-0.4, -0.2) is 26.0 Å². The van der Waals surface area contributed by atoms with Crippen molar-refractivity contribution < 1.29 is 19.1 Å². The number of esters is 1. The lowest BCUT2D eigenvalue weighted by atomic mass is 9.97. The molecule has 98 valence electrons. The Labute approximate surface area is 107 Å². The summed E-state index contributed by atoms with van der Waals surface area (Å²) in [5.41, 5.74) is 0.603. The molecule has 0 heterocycles. The fraction of sp³-hybridized carbons (Fsp3) is 0.429. The first-order valence-electron chi connectivity index (χ1n) is 5.81. The summed E-state index contributed by atoms with van der Waals surface area (Å²) in [5.74, 6) is 0.337. The molecule has 0 bridgehead atoms. The van der Waals surface area contributed by atoms with Crippen molar-refractivity contribution in [2.24, 2.45) is 5.92 Å². The standard InChI is InChI=1S/C14H18O4/c1-10(8-14(16)18-3)7-13(15)11-5-4-6-12(9-11)17-2/h4-6,9-10H,7-8H2,1-3H3. The number of hydrogen-bond acceptors (Lipinski definition) is 4. The van der Waals surface area contributed by atoms with E-state index in [1.54, 1.807) is 31.4 Å². The van der Waals surface area contributed by atoms with Crippen LogP contribution in [0.25, 0.3) is 0 Å². The Morgan fingerprint density at radius 1 is 1.22 bits per heavy atom. The van der Waals surface area contributed by atoms with Crippen LogP contribution < -0.4 is 4.74 Å². The van der Waals surface area contributed by atoms with E-state index in [2.05, 4.69) is 4.74 Å². The van der Waals surface area contributed by atoms with Crippen LogP contribution in [0, 0.1) is 5.92 Å². The Hall–Kier alpha value is -1.84. The molecule has 1 rings (SSSR count). The average Bonchev–Trinajstić information content (AvgIpc) is 2.38. The Morgan fingerprint density at radius 2 is 1.94 bits per heavy atom. The summed E-state index contributed by atoms with van der Waals surface area (Å²) in [6, 6.07) is 7.01. The minimum Gasteiger partial charge on any atom is -0.497 e. The van der Waals surface area contributed by atoms with E-state index in [1.165, 1.54) is 7.11 Å². The van der Waals surface area contributed by atoms with Gasteiger partial charge in [-0.25, -0.2) is 0 Å². The zero-order chi connectivity index (χ0) is 13.5. The van der Waals surface area contributed by atoms with Crippen molar-refractivity contribution in [1.29, 1.82) is 0 Å². The van der Waals surface area contributed by atoms with Gasteiger partial charge in [0, 0.05) is 18.4 Å². The summed E-state index contributed by atoms with van der Waals surface area (Å²) < 4.78 is 9.64. The van der Waals surface area contributed by atoms with E-state index >= 15 is 0 Å². The minimum absolute atomic E-state index is 0.00491. The zero-order valence-electron chi connectivity index (χ0n) is 10.9. The number of carbonyl (C=O) groups is 2. The number of benzene rings is 1. The molecule has 0 fully saturated rings. The van der Waals surface area contributed by atoms with Crippen LogP contribution >= 0.6 is 0 Å². The van der Waals surface area contributed by atoms with Gasteiger partial charge in [-0.2, -0.15) is 0 Å². The van der Waals surface area contributed by atoms with Gasteiger partial charge in [-0.05, 0) is 18.1 Å². The lowest BCUT2D eigenvalue weighted by molar-refractivity contribution is -0.141. The Bertz CT molecular complexity index is 426. The molecule has 18 heavy (non-hydrogen) atoms. The summed E-state index contributed by atoms with van der Waals surface area (Å²) in [6.07, 6.45) is 0.578. The Kier molecular flexibility index (Phi) is 5.36. The number of carbonyl (C=O) groups excluding carboxylic acids is 2. The van der Waals surface area contributed by atoms with E-state index in [9.17, 15) is 9.59 Å². The van der Waals surface area contributed by atoms with Gasteiger partial charge < -0.3 is 9.47 Å². The van der Waals surface area contributed by atoms with Crippen LogP contribution in [0.5, 0.6) is 5.75 Å². The number of ketones is 1. The van der Waals surface area contributed by atoms with Gasteiger partial charge in [-0.3, -0.25) is 9.59 Å². The second-order valence-corrected chi connectivity index (χ2v) is 4.24. The normalized spacial score (nSPS) is 11.7. The van der Waals surface area contributed by atoms with Crippen LogP contribution in [0.2, 0.25) is 0 Å². The lowest BCUT2D eigenvalue weighted by Crippen LogP contribution is -2.11. The van der Waals surface area contributed by atoms with Crippen molar-refractivity contribution in [2.75, 3.05) is 14.2 Å². The fourth-order valence-corrected chi connectivity index (χ4v) is 1.67. The molecule has 0 amide bonds. The molecule has 0 aliphatic heterocycles. The van der Waals surface area contributed by atoms with Gasteiger partial charge in [0.05, 0.1) is 14.2 Å². The average molecular weight is 250 g/mol. The number of methoxy groups -OCH3 is 2. The van der Waals surface area contributed by atoms with Crippen LogP contribution in [0.4, 0.5) is 0 Å². The van der Waals surface area contributed by atoms with E-state index in [0.29, 0.717) is 17.7 Å². The summed E-state index contributed by atoms with van der Waals surface area (Å²) in [4.78, 5) is 23.1. The molecule has 0 aliphatic rings. The maximum Gasteiger partial charge on any atom is 0.305 e. The molecule has 4 heteroatoms. The largest absolute Gasteiger partial charge is 0.497 e. The number of Topliss-reactive ketones (excluding diaryl/α,β-unsaturated/α-hetero) is 1. The second-order valence-electron chi connectivity index (χ2n) is 4.24. The predicted octanol–water partition coefficient (Wildman–Crippen LogP) is 2.47. The van der Waals surface area contributed by atoms with Crippen molar-refractivity contribution in [2.45, 2.75) is 19.8 Å². The first-order valence-corrected chi connectivity index (χ1v) is 5.81. The van der Waals surface area contributed by atoms with Gasteiger partial charge in [0.25, 0.3) is 0 Å². The van der Waals surface area contributed by atoms with Gasteiger partial charge in [-0.15, -0.1) is 0 Å². The van der Waals surface area contributed by atoms with Gasteiger partial charge in [0.15, 0.2) is 5.78 Å². The Morgan fingerprint density at radius 3 is 2.56 bits per heavy atom. The third kappa shape index (κ3) is 4.20. The summed E-state index contributed by atoms with van der Waals surface area (Å²) in [6.45, 7) is 1.86. The van der Waals surface area contributed by atoms with E-state index in [4.69, 9.17) is 4.74 Å². The van der Waals surface area contributed by atoms with E-state index in [1.807, 2.05) is 6.92 Å². The lowest BCUT2D eigenvalue weighted by Gasteiger charge is -2.09. The Balaban J connectivity index is 2.61. The summed E-state index contributed by atoms with van der Waals surface area (Å²) in [5, 5.41) is 0. The zero-order valence-corrected chi connectivity index (χ0v) is 10.9. The quantitative estimate of drug-likeness (QED) is 0.575. The highest BCUT2D eigenvalue weighted by Crippen LogP contribution is 2.17. The highest BCUT2D eigenvalue weighted by atomic mass is 16.5. The van der Waals surface area contributed by atoms with Gasteiger partial charge in [-0.1, -0.05) is 19.1 Å². The summed E-state index contributed by atoms with van der Waals surface area (Å²) >= 11 is 0. The molecular weight excluding hydrogens is 232 g/mol. The monoisotopic (exact) mass is 250 g/mol. The van der Waals surface area contributed by atoms with E-state index < -0.39 is 0 Å². The molecule has 1 atom stereocenters. The molecule has 1 unspecified atom stereocenters. The van der Waals surface area contributed by atoms with Gasteiger partial charge in [0.2, 0.25) is 0 Å². The predicted molar refractivity (Wildman–Crippen MR) is 67.7 cm³/mol. The van der Waals surface area contributed by atoms with Gasteiger partial charge in [0.1, 0.15) is 5.75 Å². The number of hydrogen-bond donors (Lipinski definition) is 0. The van der Waals surface area contributed by atoms with Crippen molar-refractivity contribution in [3.8, 4) is 5.75 Å². The molecule has 0 saturated heterocycles. The van der Waals surface area contributed by atoms with Crippen molar-refractivity contribution in [3.63, 3.8) is 0 Å². The van der Waals surface area contributed by atoms with Crippen LogP contribution in [-0.2, 0) is 9.53 Å². The molecule has 0 spiro atoms. The molecule has 0 aromatic heterocycles. The number of rotatable bonds is 6. The molecule has 4 nitrogen and oxygen atoms in total. The highest BCUT2D eigenvalue weighted by molar-refractivity contribution is 5.96. The SMILES string of the molecule is COC(=O)CC(C)CC(=O)c1cccc(OC)c1. The third-order valence-corrected chi connectivity index (χ3v) is 2.67. The minimum atomic E-state index is -0.291. The molecular formula is C14H18O4. The smallest absolute Gasteiger partial charge is 0.305 e. The van der Waals surface area contributed by atoms with Crippen molar-refractivity contribution >= 4 is 11.8 Å². The maximum atomic E-state index is 12.0. The molecule has 0 radical (unpaired) electrons. The first kappa shape index (κ1) is 14.2. The third-order valence-electron chi connectivity index (χ3n) is 2.67. The van der Waals surface area contributed by atoms with E-state index in [0.717, 1.165) is 0 Å². The highest BCUT2D eigenvalue weighted by Gasteiger charge is 2.15. The van der Waals surface area contributed by atoms with Crippen LogP contribution in [0.3, 0.4) is 0 Å². The maximum absolute atomic E-state index is 12.0. The van der Waals surface area contributed by atoms with Crippen molar-refractivity contribution in [1.82, 2.24) is 0 Å². The molecule has 0 saturated carbocycles. The van der Waals surface area contributed by atoms with Gasteiger partial charge >= 0.3 is 5.97 Å². The topological polar surface area (TPSA) is 52.6 Å². The van der Waals surface area contributed by atoms with Crippen LogP contribution in [0.15, 0.2) is 24.3 Å².